The highest BCUT2D eigenvalue weighted by Crippen LogP contribution is 2.38. The molecule has 1 N–H and O–H groups in total. The lowest BCUT2D eigenvalue weighted by Crippen LogP contribution is -2.60. The minimum atomic E-state index is -1.17. The third-order valence-electron chi connectivity index (χ3n) is 4.74. The van der Waals surface area contributed by atoms with Crippen molar-refractivity contribution in [3.05, 3.63) is 52.6 Å². The van der Waals surface area contributed by atoms with Crippen molar-refractivity contribution in [2.75, 3.05) is 17.3 Å². The van der Waals surface area contributed by atoms with Gasteiger partial charge >= 0.3 is 5.69 Å². The number of carbonyl (C=O) groups is 2. The van der Waals surface area contributed by atoms with Gasteiger partial charge in [0.2, 0.25) is 5.91 Å². The molecule has 2 amide bonds. The van der Waals surface area contributed by atoms with Crippen LogP contribution in [0.1, 0.15) is 20.8 Å². The highest BCUT2D eigenvalue weighted by atomic mass is 16.6. The van der Waals surface area contributed by atoms with Crippen LogP contribution in [0.15, 0.2) is 42.5 Å². The van der Waals surface area contributed by atoms with Crippen LogP contribution in [0.4, 0.5) is 17.1 Å². The predicted octanol–water partition coefficient (Wildman–Crippen LogP) is 3.13. The molecule has 0 aliphatic carbocycles. The van der Waals surface area contributed by atoms with Crippen molar-refractivity contribution in [2.45, 2.75) is 32.4 Å². The standard InChI is InChI=1S/C20H21N3O6/c1-12(29-17-10-9-13(28-4)11-16(17)23(26)27)18(24)22-15-8-6-5-7-14(15)21-19(25)20(22,2)3/h5-12H,1-4H3,(H,21,25). The summed E-state index contributed by atoms with van der Waals surface area (Å²) in [7, 11) is 1.40. The summed E-state index contributed by atoms with van der Waals surface area (Å²) in [5, 5.41) is 14.2. The van der Waals surface area contributed by atoms with Gasteiger partial charge in [-0.3, -0.25) is 24.6 Å². The van der Waals surface area contributed by atoms with Gasteiger partial charge in [0.05, 0.1) is 29.5 Å². The Labute approximate surface area is 167 Å². The van der Waals surface area contributed by atoms with Gasteiger partial charge in [-0.1, -0.05) is 12.1 Å². The fourth-order valence-corrected chi connectivity index (χ4v) is 3.14. The lowest BCUT2D eigenvalue weighted by atomic mass is 9.95. The molecule has 1 aliphatic rings. The molecule has 1 unspecified atom stereocenters. The lowest BCUT2D eigenvalue weighted by Gasteiger charge is -2.42. The van der Waals surface area contributed by atoms with Gasteiger partial charge in [0, 0.05) is 0 Å². The molecule has 0 fully saturated rings. The number of para-hydroxylation sites is 2. The second kappa shape index (κ2) is 7.42. The molecule has 0 spiro atoms. The molecule has 1 heterocycles. The Kier molecular flexibility index (Phi) is 5.15. The first-order valence-corrected chi connectivity index (χ1v) is 8.90. The fourth-order valence-electron chi connectivity index (χ4n) is 3.14. The van der Waals surface area contributed by atoms with E-state index in [0.717, 1.165) is 0 Å². The molecule has 2 aromatic rings. The van der Waals surface area contributed by atoms with Crippen LogP contribution in [0.5, 0.6) is 11.5 Å². The van der Waals surface area contributed by atoms with E-state index in [9.17, 15) is 19.7 Å². The molecule has 1 aliphatic heterocycles. The lowest BCUT2D eigenvalue weighted by molar-refractivity contribution is -0.386. The second-order valence-electron chi connectivity index (χ2n) is 7.05. The number of fused-ring (bicyclic) bond motifs is 1. The number of amides is 2. The molecule has 29 heavy (non-hydrogen) atoms. The average Bonchev–Trinajstić information content (AvgIpc) is 2.68. The summed E-state index contributed by atoms with van der Waals surface area (Å²) in [6.45, 7) is 4.74. The van der Waals surface area contributed by atoms with Gasteiger partial charge in [-0.2, -0.15) is 0 Å². The van der Waals surface area contributed by atoms with Crippen LogP contribution < -0.4 is 19.7 Å². The van der Waals surface area contributed by atoms with Crippen molar-refractivity contribution in [1.29, 1.82) is 0 Å². The molecule has 0 saturated carbocycles. The number of methoxy groups -OCH3 is 1. The van der Waals surface area contributed by atoms with Crippen LogP contribution in [0.3, 0.4) is 0 Å². The third-order valence-corrected chi connectivity index (χ3v) is 4.74. The topological polar surface area (TPSA) is 111 Å². The van der Waals surface area contributed by atoms with Gasteiger partial charge in [0.15, 0.2) is 11.9 Å². The van der Waals surface area contributed by atoms with Crippen LogP contribution in [-0.4, -0.2) is 35.5 Å². The molecule has 0 radical (unpaired) electrons. The molecule has 0 saturated heterocycles. The number of nitro benzene ring substituents is 1. The highest BCUT2D eigenvalue weighted by molar-refractivity contribution is 6.14. The zero-order valence-electron chi connectivity index (χ0n) is 16.5. The minimum Gasteiger partial charge on any atom is -0.496 e. The van der Waals surface area contributed by atoms with Crippen molar-refractivity contribution in [3.8, 4) is 11.5 Å². The molecule has 0 aromatic heterocycles. The Morgan fingerprint density at radius 1 is 1.24 bits per heavy atom. The van der Waals surface area contributed by atoms with Crippen LogP contribution in [0.2, 0.25) is 0 Å². The summed E-state index contributed by atoms with van der Waals surface area (Å²) in [6, 6.07) is 11.0. The molecule has 9 heteroatoms. The van der Waals surface area contributed by atoms with E-state index in [1.807, 2.05) is 0 Å². The van der Waals surface area contributed by atoms with E-state index in [0.29, 0.717) is 17.1 Å². The number of nitrogens with one attached hydrogen (secondary N) is 1. The molecule has 2 aromatic carbocycles. The van der Waals surface area contributed by atoms with E-state index in [1.165, 1.54) is 37.1 Å². The maximum Gasteiger partial charge on any atom is 0.314 e. The molecule has 1 atom stereocenters. The predicted molar refractivity (Wildman–Crippen MR) is 106 cm³/mol. The van der Waals surface area contributed by atoms with E-state index >= 15 is 0 Å². The Morgan fingerprint density at radius 2 is 1.93 bits per heavy atom. The number of hydrogen-bond acceptors (Lipinski definition) is 6. The van der Waals surface area contributed by atoms with Crippen LogP contribution >= 0.6 is 0 Å². The Balaban J connectivity index is 1.95. The Morgan fingerprint density at radius 3 is 2.59 bits per heavy atom. The molecular formula is C20H21N3O6. The van der Waals surface area contributed by atoms with Crippen LogP contribution in [-0.2, 0) is 9.59 Å². The van der Waals surface area contributed by atoms with Gasteiger partial charge < -0.3 is 14.8 Å². The first kappa shape index (κ1) is 20.1. The molecule has 152 valence electrons. The average molecular weight is 399 g/mol. The normalized spacial score (nSPS) is 15.7. The van der Waals surface area contributed by atoms with Gasteiger partial charge in [-0.25, -0.2) is 0 Å². The fraction of sp³-hybridized carbons (Fsp3) is 0.300. The smallest absolute Gasteiger partial charge is 0.314 e. The largest absolute Gasteiger partial charge is 0.496 e. The Hall–Kier alpha value is -3.62. The van der Waals surface area contributed by atoms with Crippen molar-refractivity contribution < 1.29 is 24.0 Å². The first-order chi connectivity index (χ1) is 13.7. The van der Waals surface area contributed by atoms with Gasteiger partial charge in [-0.05, 0) is 45.0 Å². The number of nitrogens with zero attached hydrogens (tertiary/aromatic N) is 2. The van der Waals surface area contributed by atoms with E-state index in [-0.39, 0.29) is 17.3 Å². The van der Waals surface area contributed by atoms with E-state index in [2.05, 4.69) is 5.32 Å². The summed E-state index contributed by atoms with van der Waals surface area (Å²) in [5.41, 5.74) is -0.454. The number of benzene rings is 2. The Bertz CT molecular complexity index is 988. The number of anilines is 2. The maximum atomic E-state index is 13.3. The highest BCUT2D eigenvalue weighted by Gasteiger charge is 2.45. The zero-order valence-corrected chi connectivity index (χ0v) is 16.5. The van der Waals surface area contributed by atoms with Gasteiger partial charge in [0.25, 0.3) is 5.91 Å². The first-order valence-electron chi connectivity index (χ1n) is 8.90. The van der Waals surface area contributed by atoms with Crippen molar-refractivity contribution in [1.82, 2.24) is 0 Å². The molecule has 3 rings (SSSR count). The van der Waals surface area contributed by atoms with Crippen LogP contribution in [0.25, 0.3) is 0 Å². The van der Waals surface area contributed by atoms with Gasteiger partial charge in [0.1, 0.15) is 11.3 Å². The SMILES string of the molecule is COc1ccc(OC(C)C(=O)N2c3ccccc3NC(=O)C2(C)C)c([N+](=O)[O-])c1. The summed E-state index contributed by atoms with van der Waals surface area (Å²) in [4.78, 5) is 37.9. The molecular weight excluding hydrogens is 378 g/mol. The van der Waals surface area contributed by atoms with Gasteiger partial charge in [-0.15, -0.1) is 0 Å². The van der Waals surface area contributed by atoms with Crippen molar-refractivity contribution in [2.24, 2.45) is 0 Å². The van der Waals surface area contributed by atoms with E-state index in [1.54, 1.807) is 38.1 Å². The minimum absolute atomic E-state index is 0.0656. The third kappa shape index (κ3) is 3.58. The summed E-state index contributed by atoms with van der Waals surface area (Å²) in [6.07, 6.45) is -1.08. The number of rotatable bonds is 5. The number of ether oxygens (including phenoxy) is 2. The monoisotopic (exact) mass is 399 g/mol. The summed E-state index contributed by atoms with van der Waals surface area (Å²) < 4.78 is 10.7. The van der Waals surface area contributed by atoms with Crippen LogP contribution in [0, 0.1) is 10.1 Å². The number of carbonyl (C=O) groups excluding carboxylic acids is 2. The molecule has 9 nitrogen and oxygen atoms in total. The maximum absolute atomic E-state index is 13.3. The summed E-state index contributed by atoms with van der Waals surface area (Å²) >= 11 is 0. The quantitative estimate of drug-likeness (QED) is 0.611. The summed E-state index contributed by atoms with van der Waals surface area (Å²) in [5.74, 6) is -0.607. The van der Waals surface area contributed by atoms with Crippen molar-refractivity contribution in [3.63, 3.8) is 0 Å². The van der Waals surface area contributed by atoms with Crippen molar-refractivity contribution >= 4 is 28.9 Å². The molecule has 0 bridgehead atoms. The number of hydrogen-bond donors (Lipinski definition) is 1. The van der Waals surface area contributed by atoms with E-state index < -0.39 is 22.5 Å². The van der Waals surface area contributed by atoms with E-state index in [4.69, 9.17) is 9.47 Å². The zero-order chi connectivity index (χ0) is 21.3. The number of nitro groups is 1. The second-order valence-corrected chi connectivity index (χ2v) is 7.05.